The van der Waals surface area contributed by atoms with Crippen molar-refractivity contribution in [2.24, 2.45) is 0 Å². The van der Waals surface area contributed by atoms with Crippen LogP contribution < -0.4 is 10.1 Å². The third kappa shape index (κ3) is 3.15. The predicted octanol–water partition coefficient (Wildman–Crippen LogP) is 0.391. The largest absolute Gasteiger partial charge is 0.388 e. The average molecular weight is 274 g/mol. The van der Waals surface area contributed by atoms with Crippen molar-refractivity contribution in [3.8, 4) is 0 Å². The van der Waals surface area contributed by atoms with E-state index in [0.29, 0.717) is 5.69 Å². The molecule has 0 amide bonds. The van der Waals surface area contributed by atoms with Crippen molar-refractivity contribution in [1.82, 2.24) is 9.84 Å². The minimum absolute atomic E-state index is 0.381. The average Bonchev–Trinajstić information content (AvgIpc) is 2.26. The van der Waals surface area contributed by atoms with Crippen LogP contribution in [0, 0.1) is 10.1 Å². The molecule has 8 nitrogen and oxygen atoms in total. The number of nitro groups is 1. The van der Waals surface area contributed by atoms with E-state index in [1.165, 1.54) is 31.2 Å². The Morgan fingerprint density at radius 2 is 1.94 bits per heavy atom. The number of hydrazine groups is 1. The Kier molecular flexibility index (Phi) is 4.22. The van der Waals surface area contributed by atoms with Gasteiger partial charge in [0.15, 0.2) is 4.90 Å². The topological polar surface area (TPSA) is 105 Å². The molecular weight excluding hydrogens is 260 g/mol. The maximum atomic E-state index is 12.0. The molecule has 0 saturated carbocycles. The molecule has 0 bridgehead atoms. The first kappa shape index (κ1) is 14.4. The molecule has 0 aliphatic carbocycles. The molecule has 9 heteroatoms. The SMILES string of the molecule is CNc1ccc([N+](=O)[O-])c(S(=O)(=O)NN(C)C)c1. The second-order valence-electron chi connectivity index (χ2n) is 3.68. The Bertz CT molecular complexity index is 556. The zero-order chi connectivity index (χ0) is 13.9. The second kappa shape index (κ2) is 5.29. The smallest absolute Gasteiger partial charge is 0.289 e. The number of hydrogen-bond donors (Lipinski definition) is 2. The lowest BCUT2D eigenvalue weighted by Crippen LogP contribution is -2.36. The van der Waals surface area contributed by atoms with Gasteiger partial charge in [-0.05, 0) is 12.1 Å². The van der Waals surface area contributed by atoms with Gasteiger partial charge in [-0.25, -0.2) is 13.4 Å². The first-order chi connectivity index (χ1) is 8.27. The molecule has 0 saturated heterocycles. The van der Waals surface area contributed by atoms with Crippen LogP contribution in [-0.2, 0) is 10.0 Å². The van der Waals surface area contributed by atoms with Crippen LogP contribution in [0.4, 0.5) is 11.4 Å². The molecule has 100 valence electrons. The number of sulfonamides is 1. The van der Waals surface area contributed by atoms with Gasteiger partial charge in [0, 0.05) is 32.9 Å². The Morgan fingerprint density at radius 3 is 2.39 bits per heavy atom. The maximum Gasteiger partial charge on any atom is 0.289 e. The van der Waals surface area contributed by atoms with E-state index >= 15 is 0 Å². The molecule has 0 aromatic heterocycles. The van der Waals surface area contributed by atoms with E-state index in [0.717, 1.165) is 6.07 Å². The zero-order valence-electron chi connectivity index (χ0n) is 10.2. The summed E-state index contributed by atoms with van der Waals surface area (Å²) in [4.78, 5) is 11.9. The van der Waals surface area contributed by atoms with Crippen LogP contribution in [-0.4, -0.2) is 39.5 Å². The summed E-state index contributed by atoms with van der Waals surface area (Å²) in [6.45, 7) is 0. The number of nitrogens with one attached hydrogen (secondary N) is 2. The zero-order valence-corrected chi connectivity index (χ0v) is 11.0. The van der Waals surface area contributed by atoms with Gasteiger partial charge < -0.3 is 5.32 Å². The molecule has 0 aliphatic rings. The second-order valence-corrected chi connectivity index (χ2v) is 5.31. The van der Waals surface area contributed by atoms with E-state index in [-0.39, 0.29) is 4.90 Å². The fraction of sp³-hybridized carbons (Fsp3) is 0.333. The van der Waals surface area contributed by atoms with Gasteiger partial charge in [0.2, 0.25) is 0 Å². The van der Waals surface area contributed by atoms with Crippen molar-refractivity contribution < 1.29 is 13.3 Å². The summed E-state index contributed by atoms with van der Waals surface area (Å²) in [5, 5.41) is 14.8. The highest BCUT2D eigenvalue weighted by Gasteiger charge is 2.26. The van der Waals surface area contributed by atoms with Crippen LogP contribution in [0.1, 0.15) is 0 Å². The van der Waals surface area contributed by atoms with Crippen molar-refractivity contribution in [2.75, 3.05) is 26.5 Å². The Labute approximate surface area is 105 Å². The summed E-state index contributed by atoms with van der Waals surface area (Å²) in [6.07, 6.45) is 0. The minimum atomic E-state index is -3.97. The van der Waals surface area contributed by atoms with Crippen LogP contribution in [0.2, 0.25) is 0 Å². The van der Waals surface area contributed by atoms with Gasteiger partial charge in [0.1, 0.15) is 0 Å². The van der Waals surface area contributed by atoms with Crippen molar-refractivity contribution in [1.29, 1.82) is 0 Å². The molecule has 0 unspecified atom stereocenters. The van der Waals surface area contributed by atoms with Gasteiger partial charge in [-0.15, -0.1) is 4.83 Å². The summed E-state index contributed by atoms with van der Waals surface area (Å²) in [6, 6.07) is 3.80. The molecule has 0 atom stereocenters. The summed E-state index contributed by atoms with van der Waals surface area (Å²) < 4.78 is 23.9. The van der Waals surface area contributed by atoms with Gasteiger partial charge in [-0.1, -0.05) is 0 Å². The fourth-order valence-corrected chi connectivity index (χ4v) is 2.60. The van der Waals surface area contributed by atoms with Gasteiger partial charge in [-0.2, -0.15) is 0 Å². The molecule has 1 rings (SSSR count). The Morgan fingerprint density at radius 1 is 1.33 bits per heavy atom. The van der Waals surface area contributed by atoms with Crippen LogP contribution in [0.15, 0.2) is 23.1 Å². The van der Waals surface area contributed by atoms with E-state index in [2.05, 4.69) is 10.1 Å². The molecule has 0 aliphatic heterocycles. The minimum Gasteiger partial charge on any atom is -0.388 e. The first-order valence-electron chi connectivity index (χ1n) is 4.94. The number of anilines is 1. The number of hydrogen-bond acceptors (Lipinski definition) is 6. The normalized spacial score (nSPS) is 11.6. The lowest BCUT2D eigenvalue weighted by atomic mass is 10.3. The monoisotopic (exact) mass is 274 g/mol. The van der Waals surface area contributed by atoms with Gasteiger partial charge >= 0.3 is 0 Å². The number of nitrogens with zero attached hydrogens (tertiary/aromatic N) is 2. The highest BCUT2D eigenvalue weighted by molar-refractivity contribution is 7.89. The van der Waals surface area contributed by atoms with Crippen LogP contribution in [0.3, 0.4) is 0 Å². The van der Waals surface area contributed by atoms with Crippen molar-refractivity contribution in [3.05, 3.63) is 28.3 Å². The highest BCUT2D eigenvalue weighted by atomic mass is 32.2. The van der Waals surface area contributed by atoms with E-state index < -0.39 is 20.6 Å². The highest BCUT2D eigenvalue weighted by Crippen LogP contribution is 2.26. The molecule has 1 aromatic rings. The third-order valence-corrected chi connectivity index (χ3v) is 3.55. The quantitative estimate of drug-likeness (QED) is 0.594. The fourth-order valence-electron chi connectivity index (χ4n) is 1.33. The van der Waals surface area contributed by atoms with Crippen molar-refractivity contribution in [3.63, 3.8) is 0 Å². The van der Waals surface area contributed by atoms with E-state index in [9.17, 15) is 18.5 Å². The molecule has 1 aromatic carbocycles. The Balaban J connectivity index is 3.40. The number of benzene rings is 1. The summed E-state index contributed by atoms with van der Waals surface area (Å²) >= 11 is 0. The molecule has 2 N–H and O–H groups in total. The number of rotatable bonds is 5. The standard InChI is InChI=1S/C9H14N4O4S/c1-10-7-4-5-8(13(14)15)9(6-7)18(16,17)11-12(2)3/h4-6,10-11H,1-3H3. The lowest BCUT2D eigenvalue weighted by Gasteiger charge is -2.13. The Hall–Kier alpha value is -1.71. The van der Waals surface area contributed by atoms with Crippen molar-refractivity contribution in [2.45, 2.75) is 4.90 Å². The summed E-state index contributed by atoms with van der Waals surface area (Å²) in [5.41, 5.74) is 0.00285. The van der Waals surface area contributed by atoms with Crippen LogP contribution >= 0.6 is 0 Å². The van der Waals surface area contributed by atoms with E-state index in [1.54, 1.807) is 7.05 Å². The summed E-state index contributed by atoms with van der Waals surface area (Å²) in [5.74, 6) is 0. The first-order valence-corrected chi connectivity index (χ1v) is 6.42. The van der Waals surface area contributed by atoms with Gasteiger partial charge in [-0.3, -0.25) is 10.1 Å². The molecule has 0 fully saturated rings. The molecule has 0 spiro atoms. The van der Waals surface area contributed by atoms with Crippen LogP contribution in [0.5, 0.6) is 0 Å². The maximum absolute atomic E-state index is 12.0. The number of nitro benzene ring substituents is 1. The third-order valence-electron chi connectivity index (χ3n) is 2.04. The van der Waals surface area contributed by atoms with Crippen LogP contribution in [0.25, 0.3) is 0 Å². The lowest BCUT2D eigenvalue weighted by molar-refractivity contribution is -0.387. The molecule has 0 radical (unpaired) electrons. The van der Waals surface area contributed by atoms with Gasteiger partial charge in [0.05, 0.1) is 4.92 Å². The molecule has 18 heavy (non-hydrogen) atoms. The van der Waals surface area contributed by atoms with E-state index in [4.69, 9.17) is 0 Å². The molecular formula is C9H14N4O4S. The van der Waals surface area contributed by atoms with Crippen molar-refractivity contribution >= 4 is 21.4 Å². The van der Waals surface area contributed by atoms with Gasteiger partial charge in [0.25, 0.3) is 15.7 Å². The molecule has 0 heterocycles. The van der Waals surface area contributed by atoms with E-state index in [1.807, 2.05) is 0 Å². The predicted molar refractivity (Wildman–Crippen MR) is 66.7 cm³/mol. The summed E-state index contributed by atoms with van der Waals surface area (Å²) in [7, 11) is 0.576.